The molecule has 4 rings (SSSR count). The quantitative estimate of drug-likeness (QED) is 0.494. The van der Waals surface area contributed by atoms with Crippen molar-refractivity contribution in [3.8, 4) is 11.3 Å². The number of hydrogen-bond donors (Lipinski definition) is 0. The highest BCUT2D eigenvalue weighted by Gasteiger charge is 2.27. The fraction of sp³-hybridized carbons (Fsp3) is 0.348. The van der Waals surface area contributed by atoms with Crippen LogP contribution in [0.1, 0.15) is 20.8 Å². The Morgan fingerprint density at radius 2 is 1.81 bits per heavy atom. The van der Waals surface area contributed by atoms with Crippen molar-refractivity contribution in [1.82, 2.24) is 14.9 Å². The summed E-state index contributed by atoms with van der Waals surface area (Å²) >= 11 is 3.47. The van der Waals surface area contributed by atoms with E-state index in [1.165, 1.54) is 12.4 Å². The fourth-order valence-corrected chi connectivity index (χ4v) is 3.99. The first kappa shape index (κ1) is 21.5. The van der Waals surface area contributed by atoms with Gasteiger partial charge in [-0.1, -0.05) is 22.0 Å². The first-order valence-corrected chi connectivity index (χ1v) is 10.9. The lowest BCUT2D eigenvalue weighted by atomic mass is 10.1. The summed E-state index contributed by atoms with van der Waals surface area (Å²) in [5, 5.41) is 0.856. The Kier molecular flexibility index (Phi) is 5.83. The second kappa shape index (κ2) is 8.42. The molecule has 8 heteroatoms. The number of ether oxygens (including phenoxy) is 1. The van der Waals surface area contributed by atoms with Gasteiger partial charge in [0.15, 0.2) is 0 Å². The molecule has 1 aliphatic heterocycles. The minimum absolute atomic E-state index is 0.315. The van der Waals surface area contributed by atoms with Crippen LogP contribution < -0.4 is 4.90 Å². The third-order valence-electron chi connectivity index (χ3n) is 5.09. The molecule has 0 spiro atoms. The first-order chi connectivity index (χ1) is 14.7. The first-order valence-electron chi connectivity index (χ1n) is 10.1. The molecule has 0 N–H and O–H groups in total. The minimum Gasteiger partial charge on any atom is -0.444 e. The van der Waals surface area contributed by atoms with E-state index in [2.05, 4.69) is 25.9 Å². The number of carbonyl (C=O) groups excluding carboxylic acids is 1. The third kappa shape index (κ3) is 4.79. The van der Waals surface area contributed by atoms with Crippen LogP contribution >= 0.6 is 15.9 Å². The van der Waals surface area contributed by atoms with E-state index in [1.807, 2.05) is 49.9 Å². The predicted octanol–water partition coefficient (Wildman–Crippen LogP) is 5.26. The fourth-order valence-electron chi connectivity index (χ4n) is 3.63. The summed E-state index contributed by atoms with van der Waals surface area (Å²) in [5.41, 5.74) is 2.17. The van der Waals surface area contributed by atoms with Crippen molar-refractivity contribution in [1.29, 1.82) is 0 Å². The normalized spacial score (nSPS) is 14.7. The highest BCUT2D eigenvalue weighted by molar-refractivity contribution is 9.10. The lowest BCUT2D eigenvalue weighted by molar-refractivity contribution is 0.0240. The minimum atomic E-state index is -0.531. The molecule has 0 unspecified atom stereocenters. The summed E-state index contributed by atoms with van der Waals surface area (Å²) in [4.78, 5) is 24.5. The van der Waals surface area contributed by atoms with E-state index in [9.17, 15) is 4.79 Å². The average Bonchev–Trinajstić information content (AvgIpc) is 2.72. The number of nitrogens with zero attached hydrogens (tertiary/aromatic N) is 4. The molecule has 1 aliphatic rings. The smallest absolute Gasteiger partial charge is 0.410 e. The van der Waals surface area contributed by atoms with E-state index in [4.69, 9.17) is 4.74 Å². The summed E-state index contributed by atoms with van der Waals surface area (Å²) in [6.45, 7) is 7.59. The Bertz CT molecular complexity index is 1120. The highest BCUT2D eigenvalue weighted by Crippen LogP contribution is 2.31. The van der Waals surface area contributed by atoms with E-state index in [1.54, 1.807) is 11.0 Å². The van der Waals surface area contributed by atoms with E-state index in [0.29, 0.717) is 43.1 Å². The molecule has 1 amide bonds. The van der Waals surface area contributed by atoms with Gasteiger partial charge >= 0.3 is 6.09 Å². The SMILES string of the molecule is CC(C)(C)OC(=O)N1CCN(c2ccc(-c3ncnc4ccc(Br)cc34)cc2F)CC1. The highest BCUT2D eigenvalue weighted by atomic mass is 79.9. The zero-order valence-electron chi connectivity index (χ0n) is 17.7. The largest absolute Gasteiger partial charge is 0.444 e. The van der Waals surface area contributed by atoms with Crippen molar-refractivity contribution in [2.45, 2.75) is 26.4 Å². The van der Waals surface area contributed by atoms with Crippen LogP contribution in [0.25, 0.3) is 22.2 Å². The topological polar surface area (TPSA) is 58.6 Å². The predicted molar refractivity (Wildman–Crippen MR) is 123 cm³/mol. The van der Waals surface area contributed by atoms with Crippen LogP contribution in [0.5, 0.6) is 0 Å². The van der Waals surface area contributed by atoms with Gasteiger partial charge in [-0.3, -0.25) is 0 Å². The van der Waals surface area contributed by atoms with Crippen LogP contribution in [0.15, 0.2) is 47.2 Å². The Morgan fingerprint density at radius 1 is 1.06 bits per heavy atom. The number of rotatable bonds is 2. The number of anilines is 1. The molecule has 31 heavy (non-hydrogen) atoms. The van der Waals surface area contributed by atoms with E-state index in [-0.39, 0.29) is 11.9 Å². The van der Waals surface area contributed by atoms with Crippen molar-refractivity contribution in [3.05, 3.63) is 53.0 Å². The van der Waals surface area contributed by atoms with Gasteiger partial charge < -0.3 is 14.5 Å². The molecular formula is C23H24BrFN4O2. The van der Waals surface area contributed by atoms with Crippen molar-refractivity contribution in [2.75, 3.05) is 31.1 Å². The molecule has 2 heterocycles. The van der Waals surface area contributed by atoms with Crippen molar-refractivity contribution < 1.29 is 13.9 Å². The number of halogens is 2. The summed E-state index contributed by atoms with van der Waals surface area (Å²) < 4.78 is 21.4. The molecule has 0 saturated carbocycles. The third-order valence-corrected chi connectivity index (χ3v) is 5.58. The lowest BCUT2D eigenvalue weighted by Gasteiger charge is -2.36. The Morgan fingerprint density at radius 3 is 2.48 bits per heavy atom. The summed E-state index contributed by atoms with van der Waals surface area (Å²) in [6, 6.07) is 10.9. The van der Waals surface area contributed by atoms with Gasteiger partial charge in [0.05, 0.1) is 16.9 Å². The number of benzene rings is 2. The van der Waals surface area contributed by atoms with Gasteiger partial charge in [0, 0.05) is 41.6 Å². The summed E-state index contributed by atoms with van der Waals surface area (Å²) in [5.74, 6) is -0.315. The zero-order chi connectivity index (χ0) is 22.2. The second-order valence-corrected chi connectivity index (χ2v) is 9.42. The van der Waals surface area contributed by atoms with Crippen molar-refractivity contribution in [2.24, 2.45) is 0 Å². The van der Waals surface area contributed by atoms with Crippen molar-refractivity contribution in [3.63, 3.8) is 0 Å². The van der Waals surface area contributed by atoms with Gasteiger partial charge in [0.1, 0.15) is 17.7 Å². The molecule has 6 nitrogen and oxygen atoms in total. The molecule has 2 aromatic carbocycles. The molecule has 1 saturated heterocycles. The van der Waals surface area contributed by atoms with Gasteiger partial charge in [-0.2, -0.15) is 0 Å². The molecule has 162 valence electrons. The van der Waals surface area contributed by atoms with Crippen LogP contribution in [-0.2, 0) is 4.74 Å². The second-order valence-electron chi connectivity index (χ2n) is 8.50. The summed E-state index contributed by atoms with van der Waals surface area (Å²) in [7, 11) is 0. The monoisotopic (exact) mass is 486 g/mol. The molecule has 0 aliphatic carbocycles. The maximum Gasteiger partial charge on any atom is 0.410 e. The Balaban J connectivity index is 1.52. The van der Waals surface area contributed by atoms with E-state index < -0.39 is 5.60 Å². The standard InChI is InChI=1S/C23H24BrFN4O2/c1-23(2,3)31-22(30)29-10-8-28(9-11-29)20-7-4-15(12-18(20)25)21-17-13-16(24)5-6-19(17)26-14-27-21/h4-7,12-14H,8-11H2,1-3H3. The van der Waals surface area contributed by atoms with Gasteiger partial charge in [-0.05, 0) is 51.1 Å². The molecule has 0 bridgehead atoms. The van der Waals surface area contributed by atoms with Gasteiger partial charge in [-0.15, -0.1) is 0 Å². The van der Waals surface area contributed by atoms with Crippen LogP contribution in [0.3, 0.4) is 0 Å². The van der Waals surface area contributed by atoms with Gasteiger partial charge in [0.2, 0.25) is 0 Å². The molecule has 0 atom stereocenters. The molecular weight excluding hydrogens is 463 g/mol. The zero-order valence-corrected chi connectivity index (χ0v) is 19.3. The Labute approximate surface area is 189 Å². The van der Waals surface area contributed by atoms with Gasteiger partial charge in [0.25, 0.3) is 0 Å². The maximum absolute atomic E-state index is 15.1. The molecule has 1 fully saturated rings. The number of aromatic nitrogens is 2. The lowest BCUT2D eigenvalue weighted by Crippen LogP contribution is -2.50. The van der Waals surface area contributed by atoms with Gasteiger partial charge in [-0.25, -0.2) is 19.2 Å². The van der Waals surface area contributed by atoms with Crippen LogP contribution in [0.2, 0.25) is 0 Å². The number of amides is 1. The number of carbonyl (C=O) groups is 1. The number of piperazine rings is 1. The van der Waals surface area contributed by atoms with Crippen LogP contribution in [-0.4, -0.2) is 52.7 Å². The number of hydrogen-bond acceptors (Lipinski definition) is 5. The summed E-state index contributed by atoms with van der Waals surface area (Å²) in [6.07, 6.45) is 1.16. The van der Waals surface area contributed by atoms with Crippen LogP contribution in [0, 0.1) is 5.82 Å². The number of fused-ring (bicyclic) bond motifs is 1. The van der Waals surface area contributed by atoms with Crippen molar-refractivity contribution >= 4 is 38.6 Å². The van der Waals surface area contributed by atoms with Crippen LogP contribution in [0.4, 0.5) is 14.9 Å². The van der Waals surface area contributed by atoms with E-state index >= 15 is 4.39 Å². The molecule has 1 aromatic heterocycles. The van der Waals surface area contributed by atoms with E-state index in [0.717, 1.165) is 15.4 Å². The molecule has 3 aromatic rings. The average molecular weight is 487 g/mol. The maximum atomic E-state index is 15.1. The molecule has 0 radical (unpaired) electrons. The Hall–Kier alpha value is -2.74.